The summed E-state index contributed by atoms with van der Waals surface area (Å²) in [7, 11) is 0. The monoisotopic (exact) mass is 563 g/mol. The van der Waals surface area contributed by atoms with Gasteiger partial charge < -0.3 is 9.80 Å². The molecule has 2 amide bonds. The number of carbonyl (C=O) groups excluding carboxylic acids is 2. The van der Waals surface area contributed by atoms with Gasteiger partial charge in [0.15, 0.2) is 0 Å². The molecule has 40 heavy (non-hydrogen) atoms. The molecule has 2 saturated heterocycles. The van der Waals surface area contributed by atoms with Crippen molar-refractivity contribution >= 4 is 11.8 Å². The van der Waals surface area contributed by atoms with E-state index in [4.69, 9.17) is 0 Å². The molecule has 0 bridgehead atoms. The van der Waals surface area contributed by atoms with Crippen molar-refractivity contribution < 1.29 is 9.59 Å². The maximum atomic E-state index is 11.8. The summed E-state index contributed by atoms with van der Waals surface area (Å²) >= 11 is 0. The van der Waals surface area contributed by atoms with E-state index in [1.54, 1.807) is 0 Å². The van der Waals surface area contributed by atoms with Crippen LogP contribution in [0.2, 0.25) is 0 Å². The minimum absolute atomic E-state index is 0.401. The van der Waals surface area contributed by atoms with Gasteiger partial charge in [0, 0.05) is 39.0 Å². The van der Waals surface area contributed by atoms with Crippen LogP contribution < -0.4 is 0 Å². The minimum Gasteiger partial charge on any atom is -0.343 e. The maximum Gasteiger partial charge on any atom is 0.222 e. The molecule has 0 spiro atoms. The van der Waals surface area contributed by atoms with E-state index in [0.29, 0.717) is 11.8 Å². The molecule has 0 radical (unpaired) electrons. The van der Waals surface area contributed by atoms with E-state index in [9.17, 15) is 9.59 Å². The van der Waals surface area contributed by atoms with Crippen LogP contribution >= 0.6 is 0 Å². The van der Waals surface area contributed by atoms with E-state index in [-0.39, 0.29) is 0 Å². The zero-order chi connectivity index (χ0) is 28.9. The van der Waals surface area contributed by atoms with E-state index in [0.717, 1.165) is 51.9 Å². The molecule has 0 aromatic rings. The Bertz CT molecular complexity index is 529. The van der Waals surface area contributed by atoms with E-state index >= 15 is 0 Å². The second-order valence-corrected chi connectivity index (χ2v) is 12.7. The molecule has 0 aromatic heterocycles. The molecule has 236 valence electrons. The fourth-order valence-corrected chi connectivity index (χ4v) is 6.13. The summed E-state index contributed by atoms with van der Waals surface area (Å²) in [5, 5.41) is 0. The molecule has 0 atom stereocenters. The zero-order valence-corrected chi connectivity index (χ0v) is 27.3. The van der Waals surface area contributed by atoms with Crippen molar-refractivity contribution in [2.45, 2.75) is 194 Å². The van der Waals surface area contributed by atoms with Crippen molar-refractivity contribution in [3.05, 3.63) is 0 Å². The summed E-state index contributed by atoms with van der Waals surface area (Å²) < 4.78 is 0. The van der Waals surface area contributed by atoms with Gasteiger partial charge in [0.25, 0.3) is 0 Å². The van der Waals surface area contributed by atoms with E-state index in [1.807, 2.05) is 0 Å². The van der Waals surface area contributed by atoms with Gasteiger partial charge in [0.1, 0.15) is 0 Å². The SMILES string of the molecule is CCCCCCCCCCCCN1CCCCCC1=O.CCCCCCCCCCCCN1CCCCCC1=O. The largest absolute Gasteiger partial charge is 0.343 e. The summed E-state index contributed by atoms with van der Waals surface area (Å²) in [5.41, 5.74) is 0. The van der Waals surface area contributed by atoms with Crippen LogP contribution in [-0.4, -0.2) is 47.8 Å². The lowest BCUT2D eigenvalue weighted by molar-refractivity contribution is -0.131. The van der Waals surface area contributed by atoms with Gasteiger partial charge in [-0.3, -0.25) is 9.59 Å². The molecule has 4 nitrogen and oxygen atoms in total. The Hall–Kier alpha value is -1.06. The Morgan fingerprint density at radius 2 is 0.700 bits per heavy atom. The number of likely N-dealkylation sites (tertiary alicyclic amines) is 2. The Morgan fingerprint density at radius 3 is 1.02 bits per heavy atom. The van der Waals surface area contributed by atoms with Gasteiger partial charge >= 0.3 is 0 Å². The highest BCUT2D eigenvalue weighted by atomic mass is 16.2. The fraction of sp³-hybridized carbons (Fsp3) is 0.944. The predicted octanol–water partition coefficient (Wildman–Crippen LogP) is 10.6. The lowest BCUT2D eigenvalue weighted by Crippen LogP contribution is -2.31. The Balaban J connectivity index is 0.000000400. The van der Waals surface area contributed by atoms with Crippen LogP contribution in [0.5, 0.6) is 0 Å². The van der Waals surface area contributed by atoms with E-state index in [1.165, 1.54) is 154 Å². The minimum atomic E-state index is 0.401. The lowest BCUT2D eigenvalue weighted by Gasteiger charge is -2.20. The van der Waals surface area contributed by atoms with Crippen molar-refractivity contribution in [3.63, 3.8) is 0 Å². The van der Waals surface area contributed by atoms with E-state index < -0.39 is 0 Å². The number of carbonyl (C=O) groups is 2. The smallest absolute Gasteiger partial charge is 0.222 e. The molecule has 0 unspecified atom stereocenters. The molecule has 0 aliphatic carbocycles. The Labute approximate surface area is 250 Å². The van der Waals surface area contributed by atoms with Crippen LogP contribution in [-0.2, 0) is 9.59 Å². The van der Waals surface area contributed by atoms with Crippen molar-refractivity contribution in [1.29, 1.82) is 0 Å². The highest BCUT2D eigenvalue weighted by molar-refractivity contribution is 5.76. The molecule has 0 saturated carbocycles. The molecule has 0 N–H and O–H groups in total. The third kappa shape index (κ3) is 21.7. The third-order valence-corrected chi connectivity index (χ3v) is 8.91. The Morgan fingerprint density at radius 1 is 0.400 bits per heavy atom. The predicted molar refractivity (Wildman–Crippen MR) is 174 cm³/mol. The van der Waals surface area contributed by atoms with Gasteiger partial charge in [0.2, 0.25) is 11.8 Å². The molecular weight excluding hydrogens is 492 g/mol. The zero-order valence-electron chi connectivity index (χ0n) is 27.3. The number of amides is 2. The normalized spacial score (nSPS) is 16.4. The molecular formula is C36H70N2O2. The van der Waals surface area contributed by atoms with Crippen molar-refractivity contribution in [2.24, 2.45) is 0 Å². The third-order valence-electron chi connectivity index (χ3n) is 8.91. The summed E-state index contributed by atoms with van der Waals surface area (Å²) in [6.45, 7) is 8.58. The molecule has 0 aromatic carbocycles. The van der Waals surface area contributed by atoms with Crippen LogP contribution in [0.25, 0.3) is 0 Å². The molecule has 2 rings (SSSR count). The van der Waals surface area contributed by atoms with Gasteiger partial charge in [-0.05, 0) is 38.5 Å². The average molecular weight is 563 g/mol. The Kier molecular flexibility index (Phi) is 25.9. The van der Waals surface area contributed by atoms with Crippen LogP contribution in [0.3, 0.4) is 0 Å². The van der Waals surface area contributed by atoms with Crippen LogP contribution in [0.1, 0.15) is 194 Å². The van der Waals surface area contributed by atoms with Gasteiger partial charge in [-0.15, -0.1) is 0 Å². The number of hydrogen-bond donors (Lipinski definition) is 0. The molecule has 2 aliphatic rings. The van der Waals surface area contributed by atoms with Gasteiger partial charge in [0.05, 0.1) is 0 Å². The number of unbranched alkanes of at least 4 members (excludes halogenated alkanes) is 18. The van der Waals surface area contributed by atoms with Crippen molar-refractivity contribution in [1.82, 2.24) is 9.80 Å². The maximum absolute atomic E-state index is 11.8. The highest BCUT2D eigenvalue weighted by Gasteiger charge is 2.16. The summed E-state index contributed by atoms with van der Waals surface area (Å²) in [6, 6.07) is 0. The number of hydrogen-bond acceptors (Lipinski definition) is 2. The lowest BCUT2D eigenvalue weighted by atomic mass is 10.1. The number of rotatable bonds is 22. The first-order chi connectivity index (χ1) is 19.7. The first-order valence-corrected chi connectivity index (χ1v) is 18.2. The van der Waals surface area contributed by atoms with Crippen LogP contribution in [0, 0.1) is 0 Å². The number of nitrogens with zero attached hydrogens (tertiary/aromatic N) is 2. The van der Waals surface area contributed by atoms with Gasteiger partial charge in [-0.25, -0.2) is 0 Å². The molecule has 2 heterocycles. The fourth-order valence-electron chi connectivity index (χ4n) is 6.13. The summed E-state index contributed by atoms with van der Waals surface area (Å²) in [5.74, 6) is 0.803. The van der Waals surface area contributed by atoms with Gasteiger partial charge in [-0.2, -0.15) is 0 Å². The summed E-state index contributed by atoms with van der Waals surface area (Å²) in [4.78, 5) is 27.9. The topological polar surface area (TPSA) is 40.6 Å². The second kappa shape index (κ2) is 28.1. The van der Waals surface area contributed by atoms with Crippen LogP contribution in [0.15, 0.2) is 0 Å². The highest BCUT2D eigenvalue weighted by Crippen LogP contribution is 2.15. The van der Waals surface area contributed by atoms with Crippen molar-refractivity contribution in [2.75, 3.05) is 26.2 Å². The van der Waals surface area contributed by atoms with E-state index in [2.05, 4.69) is 23.6 Å². The van der Waals surface area contributed by atoms with Gasteiger partial charge in [-0.1, -0.05) is 142 Å². The first-order valence-electron chi connectivity index (χ1n) is 18.2. The molecule has 4 heteroatoms. The quantitative estimate of drug-likeness (QED) is 0.123. The second-order valence-electron chi connectivity index (χ2n) is 12.7. The first kappa shape index (κ1) is 37.0. The van der Waals surface area contributed by atoms with Crippen molar-refractivity contribution in [3.8, 4) is 0 Å². The van der Waals surface area contributed by atoms with Crippen LogP contribution in [0.4, 0.5) is 0 Å². The average Bonchev–Trinajstić information content (AvgIpc) is 3.30. The molecule has 2 fully saturated rings. The standard InChI is InChI=1S/2C18H35NO/c2*1-2-3-4-5-6-7-8-9-10-13-16-19-17-14-11-12-15-18(19)20/h2*2-17H2,1H3. The summed E-state index contributed by atoms with van der Waals surface area (Å²) in [6.07, 6.45) is 36.1. The molecule has 2 aliphatic heterocycles.